The van der Waals surface area contributed by atoms with E-state index in [0.717, 1.165) is 45.4 Å². The van der Waals surface area contributed by atoms with Gasteiger partial charge in [0.25, 0.3) is 0 Å². The van der Waals surface area contributed by atoms with Crippen molar-refractivity contribution in [2.45, 2.75) is 31.3 Å². The van der Waals surface area contributed by atoms with E-state index in [-0.39, 0.29) is 11.8 Å². The van der Waals surface area contributed by atoms with Crippen LogP contribution in [-0.2, 0) is 9.53 Å². The second-order valence-corrected chi connectivity index (χ2v) is 6.53. The molecule has 3 rings (SSSR count). The van der Waals surface area contributed by atoms with Crippen LogP contribution in [0.1, 0.15) is 19.3 Å². The number of carbonyl (C=O) groups is 1. The lowest BCUT2D eigenvalue weighted by atomic mass is 10.0. The maximum Gasteiger partial charge on any atom is 0.319 e. The van der Waals surface area contributed by atoms with E-state index in [1.54, 1.807) is 12.3 Å². The highest BCUT2D eigenvalue weighted by Gasteiger charge is 2.28. The van der Waals surface area contributed by atoms with Crippen LogP contribution in [0.2, 0.25) is 0 Å². The van der Waals surface area contributed by atoms with Gasteiger partial charge in [-0.15, -0.1) is 0 Å². The smallest absolute Gasteiger partial charge is 0.319 e. The number of anilines is 1. The van der Waals surface area contributed by atoms with E-state index >= 15 is 0 Å². The van der Waals surface area contributed by atoms with Crippen molar-refractivity contribution in [3.05, 3.63) is 24.1 Å². The molecule has 1 N–H and O–H groups in total. The Kier molecular flexibility index (Phi) is 5.63. The predicted molar refractivity (Wildman–Crippen MR) is 89.4 cm³/mol. The molecule has 0 unspecified atom stereocenters. The Bertz CT molecular complexity index is 563. The molecule has 1 aromatic heterocycles. The van der Waals surface area contributed by atoms with E-state index in [2.05, 4.69) is 15.2 Å². The number of nitrogens with one attached hydrogen (secondary N) is 1. The number of methoxy groups -OCH3 is 1. The molecule has 1 aromatic rings. The Morgan fingerprint density at radius 3 is 2.79 bits per heavy atom. The SMILES string of the molecule is COC(=O)CN1CCC(N[C@@H]2CCN(c3ncccc3F)C2)CC1. The van der Waals surface area contributed by atoms with Crippen molar-refractivity contribution in [3.63, 3.8) is 0 Å². The maximum atomic E-state index is 13.8. The van der Waals surface area contributed by atoms with Crippen molar-refractivity contribution in [3.8, 4) is 0 Å². The van der Waals surface area contributed by atoms with Gasteiger partial charge in [-0.1, -0.05) is 0 Å². The fourth-order valence-corrected chi connectivity index (χ4v) is 3.54. The predicted octanol–water partition coefficient (Wildman–Crippen LogP) is 1.03. The highest BCUT2D eigenvalue weighted by molar-refractivity contribution is 5.71. The molecular formula is C17H25FN4O2. The van der Waals surface area contributed by atoms with E-state index in [1.165, 1.54) is 13.2 Å². The number of carbonyl (C=O) groups excluding carboxylic acids is 1. The summed E-state index contributed by atoms with van der Waals surface area (Å²) in [7, 11) is 1.42. The lowest BCUT2D eigenvalue weighted by Gasteiger charge is -2.33. The molecule has 2 saturated heterocycles. The van der Waals surface area contributed by atoms with Gasteiger partial charge in [-0.3, -0.25) is 9.69 Å². The molecule has 0 bridgehead atoms. The van der Waals surface area contributed by atoms with Crippen molar-refractivity contribution in [1.82, 2.24) is 15.2 Å². The lowest BCUT2D eigenvalue weighted by Crippen LogP contribution is -2.48. The van der Waals surface area contributed by atoms with Gasteiger partial charge in [0.05, 0.1) is 13.7 Å². The Hall–Kier alpha value is -1.73. The van der Waals surface area contributed by atoms with Crippen molar-refractivity contribution >= 4 is 11.8 Å². The Balaban J connectivity index is 1.44. The first-order valence-electron chi connectivity index (χ1n) is 8.56. The molecule has 6 nitrogen and oxygen atoms in total. The molecule has 3 heterocycles. The standard InChI is InChI=1S/C17H25FN4O2/c1-24-16(23)12-21-8-4-13(5-9-21)20-14-6-10-22(11-14)17-15(18)3-2-7-19-17/h2-3,7,13-14,20H,4-6,8-12H2,1H3/t14-/m1/s1. The summed E-state index contributed by atoms with van der Waals surface area (Å²) in [6, 6.07) is 3.90. The van der Waals surface area contributed by atoms with Gasteiger partial charge in [0, 0.05) is 44.5 Å². The van der Waals surface area contributed by atoms with Gasteiger partial charge >= 0.3 is 5.97 Å². The zero-order valence-electron chi connectivity index (χ0n) is 14.1. The molecule has 2 fully saturated rings. The summed E-state index contributed by atoms with van der Waals surface area (Å²) in [6.07, 6.45) is 4.67. The van der Waals surface area contributed by atoms with Crippen LogP contribution >= 0.6 is 0 Å². The monoisotopic (exact) mass is 336 g/mol. The number of esters is 1. The van der Waals surface area contributed by atoms with Crippen molar-refractivity contribution in [2.75, 3.05) is 44.7 Å². The van der Waals surface area contributed by atoms with Gasteiger partial charge < -0.3 is 15.0 Å². The zero-order chi connectivity index (χ0) is 16.9. The number of aromatic nitrogens is 1. The molecule has 2 aliphatic rings. The molecule has 0 radical (unpaired) electrons. The van der Waals surface area contributed by atoms with Crippen LogP contribution in [0.15, 0.2) is 18.3 Å². The van der Waals surface area contributed by atoms with Gasteiger partial charge in [0.2, 0.25) is 0 Å². The van der Waals surface area contributed by atoms with Crippen LogP contribution in [0.25, 0.3) is 0 Å². The van der Waals surface area contributed by atoms with Crippen LogP contribution in [0.5, 0.6) is 0 Å². The summed E-state index contributed by atoms with van der Waals surface area (Å²) in [5.41, 5.74) is 0. The maximum absolute atomic E-state index is 13.8. The second kappa shape index (κ2) is 7.90. The number of hydrogen-bond donors (Lipinski definition) is 1. The lowest BCUT2D eigenvalue weighted by molar-refractivity contribution is -0.142. The number of ether oxygens (including phenoxy) is 1. The molecule has 24 heavy (non-hydrogen) atoms. The van der Waals surface area contributed by atoms with Crippen LogP contribution in [0.4, 0.5) is 10.2 Å². The van der Waals surface area contributed by atoms with Gasteiger partial charge in [-0.2, -0.15) is 0 Å². The first-order chi connectivity index (χ1) is 11.7. The molecule has 7 heteroatoms. The van der Waals surface area contributed by atoms with Crippen molar-refractivity contribution in [1.29, 1.82) is 0 Å². The fourth-order valence-electron chi connectivity index (χ4n) is 3.54. The minimum atomic E-state index is -0.255. The molecule has 2 aliphatic heterocycles. The number of halogens is 1. The first-order valence-corrected chi connectivity index (χ1v) is 8.56. The first kappa shape index (κ1) is 17.1. The normalized spacial score (nSPS) is 22.8. The average Bonchev–Trinajstić information content (AvgIpc) is 3.05. The number of likely N-dealkylation sites (tertiary alicyclic amines) is 1. The van der Waals surface area contributed by atoms with E-state index < -0.39 is 0 Å². The third kappa shape index (κ3) is 4.21. The number of pyridine rings is 1. The van der Waals surface area contributed by atoms with Crippen molar-refractivity contribution < 1.29 is 13.9 Å². The van der Waals surface area contributed by atoms with Gasteiger partial charge in [-0.25, -0.2) is 9.37 Å². The van der Waals surface area contributed by atoms with Gasteiger partial charge in [-0.05, 0) is 31.4 Å². The Morgan fingerprint density at radius 1 is 1.33 bits per heavy atom. The van der Waals surface area contributed by atoms with Gasteiger partial charge in [0.1, 0.15) is 0 Å². The summed E-state index contributed by atoms with van der Waals surface area (Å²) < 4.78 is 18.5. The summed E-state index contributed by atoms with van der Waals surface area (Å²) in [5.74, 6) is 0.0224. The summed E-state index contributed by atoms with van der Waals surface area (Å²) >= 11 is 0. The average molecular weight is 336 g/mol. The Labute approximate surface area is 142 Å². The van der Waals surface area contributed by atoms with Crippen molar-refractivity contribution in [2.24, 2.45) is 0 Å². The molecule has 132 valence electrons. The topological polar surface area (TPSA) is 57.7 Å². The number of hydrogen-bond acceptors (Lipinski definition) is 6. The fraction of sp³-hybridized carbons (Fsp3) is 0.647. The van der Waals surface area contributed by atoms with Crippen LogP contribution < -0.4 is 10.2 Å². The van der Waals surface area contributed by atoms with Crippen LogP contribution in [-0.4, -0.2) is 67.8 Å². The van der Waals surface area contributed by atoms with Crippen LogP contribution in [0.3, 0.4) is 0 Å². The zero-order valence-corrected chi connectivity index (χ0v) is 14.1. The molecule has 0 saturated carbocycles. The van der Waals surface area contributed by atoms with E-state index in [0.29, 0.717) is 24.4 Å². The minimum absolute atomic E-state index is 0.176. The molecule has 0 spiro atoms. The molecule has 0 amide bonds. The number of piperidine rings is 1. The number of rotatable bonds is 5. The Morgan fingerprint density at radius 2 is 2.08 bits per heavy atom. The van der Waals surface area contributed by atoms with Gasteiger partial charge in [0.15, 0.2) is 11.6 Å². The highest BCUT2D eigenvalue weighted by atomic mass is 19.1. The summed E-state index contributed by atoms with van der Waals surface area (Å²) in [6.45, 7) is 3.79. The number of nitrogens with zero attached hydrogens (tertiary/aromatic N) is 3. The molecular weight excluding hydrogens is 311 g/mol. The van der Waals surface area contributed by atoms with E-state index in [9.17, 15) is 9.18 Å². The largest absolute Gasteiger partial charge is 0.468 e. The molecule has 1 atom stereocenters. The quantitative estimate of drug-likeness (QED) is 0.811. The highest BCUT2D eigenvalue weighted by Crippen LogP contribution is 2.22. The summed E-state index contributed by atoms with van der Waals surface area (Å²) in [5, 5.41) is 3.69. The molecule has 0 aliphatic carbocycles. The van der Waals surface area contributed by atoms with E-state index in [4.69, 9.17) is 4.74 Å². The molecule has 0 aromatic carbocycles. The van der Waals surface area contributed by atoms with Crippen LogP contribution in [0, 0.1) is 5.82 Å². The summed E-state index contributed by atoms with van der Waals surface area (Å²) in [4.78, 5) is 19.6. The second-order valence-electron chi connectivity index (χ2n) is 6.53. The third-order valence-electron chi connectivity index (χ3n) is 4.87. The third-order valence-corrected chi connectivity index (χ3v) is 4.87. The minimum Gasteiger partial charge on any atom is -0.468 e. The van der Waals surface area contributed by atoms with E-state index in [1.807, 2.05) is 4.90 Å².